The third-order valence-electron chi connectivity index (χ3n) is 4.33. The smallest absolute Gasteiger partial charge is 0.261 e. The molecule has 0 bridgehead atoms. The number of hydrogen-bond donors (Lipinski definition) is 0. The van der Waals surface area contributed by atoms with Crippen LogP contribution in [-0.2, 0) is 0 Å². The second kappa shape index (κ2) is 5.30. The van der Waals surface area contributed by atoms with Crippen LogP contribution in [0.25, 0.3) is 27.7 Å². The first kappa shape index (κ1) is 14.6. The molecule has 3 heterocycles. The summed E-state index contributed by atoms with van der Waals surface area (Å²) >= 11 is 0. The van der Waals surface area contributed by atoms with Gasteiger partial charge in [0.05, 0.1) is 16.6 Å². The fraction of sp³-hybridized carbons (Fsp3) is 0.211. The van der Waals surface area contributed by atoms with Crippen molar-refractivity contribution in [2.24, 2.45) is 0 Å². The number of pyridine rings is 1. The maximum Gasteiger partial charge on any atom is 0.261 e. The number of rotatable bonds is 2. The molecular formula is C19H18N4O. The molecule has 24 heavy (non-hydrogen) atoms. The molecule has 0 saturated carbocycles. The van der Waals surface area contributed by atoms with Crippen LogP contribution in [0, 0.1) is 6.92 Å². The molecule has 1 aromatic carbocycles. The van der Waals surface area contributed by atoms with Crippen LogP contribution in [0.4, 0.5) is 0 Å². The Hall–Kier alpha value is -2.95. The van der Waals surface area contributed by atoms with Gasteiger partial charge in [-0.25, -0.2) is 9.50 Å². The van der Waals surface area contributed by atoms with Crippen molar-refractivity contribution in [2.45, 2.75) is 26.8 Å². The molecule has 4 rings (SSSR count). The lowest BCUT2D eigenvalue weighted by Crippen LogP contribution is -2.22. The van der Waals surface area contributed by atoms with E-state index in [4.69, 9.17) is 0 Å². The van der Waals surface area contributed by atoms with Crippen molar-refractivity contribution in [1.82, 2.24) is 19.2 Å². The Balaban J connectivity index is 2.08. The molecule has 0 saturated heterocycles. The summed E-state index contributed by atoms with van der Waals surface area (Å²) in [5, 5.41) is 5.22. The highest BCUT2D eigenvalue weighted by Gasteiger charge is 2.16. The average Bonchev–Trinajstić information content (AvgIpc) is 2.92. The zero-order chi connectivity index (χ0) is 16.8. The second-order valence-corrected chi connectivity index (χ2v) is 6.24. The third kappa shape index (κ3) is 2.05. The van der Waals surface area contributed by atoms with Gasteiger partial charge in [-0.05, 0) is 32.4 Å². The van der Waals surface area contributed by atoms with Crippen molar-refractivity contribution < 1.29 is 0 Å². The summed E-state index contributed by atoms with van der Waals surface area (Å²) in [6.07, 6.45) is 3.49. The lowest BCUT2D eigenvalue weighted by Gasteiger charge is -2.10. The first-order valence-electron chi connectivity index (χ1n) is 8.02. The van der Waals surface area contributed by atoms with Gasteiger partial charge in [0, 0.05) is 24.0 Å². The predicted molar refractivity (Wildman–Crippen MR) is 95.3 cm³/mol. The lowest BCUT2D eigenvalue weighted by atomic mass is 10.1. The standard InChI is InChI=1S/C19H18N4O/c1-12(2)22-10-9-16-15(19(22)24)11-20-18-17(13(3)21-23(16)18)14-7-5-4-6-8-14/h4-12H,1-3H3. The molecule has 0 atom stereocenters. The maximum atomic E-state index is 12.7. The lowest BCUT2D eigenvalue weighted by molar-refractivity contribution is 0.582. The number of hydrogen-bond acceptors (Lipinski definition) is 3. The van der Waals surface area contributed by atoms with Crippen LogP contribution < -0.4 is 5.56 Å². The van der Waals surface area contributed by atoms with Crippen LogP contribution in [0.15, 0.2) is 53.6 Å². The zero-order valence-electron chi connectivity index (χ0n) is 13.9. The topological polar surface area (TPSA) is 52.2 Å². The van der Waals surface area contributed by atoms with Gasteiger partial charge in [-0.3, -0.25) is 4.79 Å². The van der Waals surface area contributed by atoms with E-state index in [1.54, 1.807) is 15.3 Å². The van der Waals surface area contributed by atoms with Gasteiger partial charge in [0.2, 0.25) is 0 Å². The van der Waals surface area contributed by atoms with Gasteiger partial charge in [-0.2, -0.15) is 5.10 Å². The minimum absolute atomic E-state index is 0.0358. The normalized spacial score (nSPS) is 11.7. The SMILES string of the molecule is Cc1nn2c(ncc3c(=O)n(C(C)C)ccc32)c1-c1ccccc1. The van der Waals surface area contributed by atoms with Crippen LogP contribution >= 0.6 is 0 Å². The van der Waals surface area contributed by atoms with Gasteiger partial charge in [0.1, 0.15) is 0 Å². The summed E-state index contributed by atoms with van der Waals surface area (Å²) in [6, 6.07) is 12.1. The number of fused-ring (bicyclic) bond motifs is 3. The maximum absolute atomic E-state index is 12.7. The van der Waals surface area contributed by atoms with Crippen molar-refractivity contribution in [3.63, 3.8) is 0 Å². The van der Waals surface area contributed by atoms with E-state index in [1.807, 2.05) is 63.4 Å². The molecule has 5 heteroatoms. The Morgan fingerprint density at radius 2 is 1.83 bits per heavy atom. The minimum atomic E-state index is -0.0358. The molecule has 0 aliphatic rings. The molecule has 4 aromatic rings. The van der Waals surface area contributed by atoms with Crippen LogP contribution in [-0.4, -0.2) is 19.2 Å². The first-order chi connectivity index (χ1) is 11.6. The zero-order valence-corrected chi connectivity index (χ0v) is 13.9. The molecular weight excluding hydrogens is 300 g/mol. The van der Waals surface area contributed by atoms with Crippen molar-refractivity contribution in [1.29, 1.82) is 0 Å². The third-order valence-corrected chi connectivity index (χ3v) is 4.33. The summed E-state index contributed by atoms with van der Waals surface area (Å²) in [4.78, 5) is 17.2. The summed E-state index contributed by atoms with van der Waals surface area (Å²) in [7, 11) is 0. The van der Waals surface area contributed by atoms with E-state index in [9.17, 15) is 4.79 Å². The van der Waals surface area contributed by atoms with Crippen LogP contribution in [0.5, 0.6) is 0 Å². The van der Waals surface area contributed by atoms with Gasteiger partial charge in [0.25, 0.3) is 5.56 Å². The number of benzene rings is 1. The highest BCUT2D eigenvalue weighted by atomic mass is 16.1. The molecule has 0 unspecified atom stereocenters. The fourth-order valence-corrected chi connectivity index (χ4v) is 3.14. The molecule has 3 aromatic heterocycles. The highest BCUT2D eigenvalue weighted by Crippen LogP contribution is 2.28. The molecule has 0 amide bonds. The number of aromatic nitrogens is 4. The molecule has 0 spiro atoms. The Bertz CT molecular complexity index is 1110. The number of nitrogens with zero attached hydrogens (tertiary/aromatic N) is 4. The predicted octanol–water partition coefficient (Wildman–Crippen LogP) is 3.60. The first-order valence-corrected chi connectivity index (χ1v) is 8.02. The molecule has 0 radical (unpaired) electrons. The molecule has 0 N–H and O–H groups in total. The van der Waals surface area contributed by atoms with E-state index < -0.39 is 0 Å². The molecule has 0 fully saturated rings. The van der Waals surface area contributed by atoms with Crippen LogP contribution in [0.2, 0.25) is 0 Å². The minimum Gasteiger partial charge on any atom is -0.312 e. The Morgan fingerprint density at radius 1 is 1.08 bits per heavy atom. The summed E-state index contributed by atoms with van der Waals surface area (Å²) in [6.45, 7) is 5.95. The molecule has 5 nitrogen and oxygen atoms in total. The van der Waals surface area contributed by atoms with Crippen molar-refractivity contribution in [3.05, 3.63) is 64.8 Å². The van der Waals surface area contributed by atoms with E-state index in [0.29, 0.717) is 5.39 Å². The van der Waals surface area contributed by atoms with Crippen molar-refractivity contribution >= 4 is 16.6 Å². The molecule has 0 aliphatic carbocycles. The Labute approximate surface area is 139 Å². The fourth-order valence-electron chi connectivity index (χ4n) is 3.14. The van der Waals surface area contributed by atoms with E-state index >= 15 is 0 Å². The Morgan fingerprint density at radius 3 is 2.54 bits per heavy atom. The van der Waals surface area contributed by atoms with Crippen LogP contribution in [0.1, 0.15) is 25.6 Å². The monoisotopic (exact) mass is 318 g/mol. The highest BCUT2D eigenvalue weighted by molar-refractivity contribution is 5.86. The van der Waals surface area contributed by atoms with Gasteiger partial charge < -0.3 is 4.57 Å². The largest absolute Gasteiger partial charge is 0.312 e. The number of aryl methyl sites for hydroxylation is 1. The van der Waals surface area contributed by atoms with E-state index in [2.05, 4.69) is 10.1 Å². The van der Waals surface area contributed by atoms with Crippen LogP contribution in [0.3, 0.4) is 0 Å². The van der Waals surface area contributed by atoms with Crippen molar-refractivity contribution in [3.8, 4) is 11.1 Å². The summed E-state index contributed by atoms with van der Waals surface area (Å²) < 4.78 is 3.49. The Kier molecular flexibility index (Phi) is 3.23. The van der Waals surface area contributed by atoms with E-state index in [-0.39, 0.29) is 11.6 Å². The van der Waals surface area contributed by atoms with Crippen molar-refractivity contribution in [2.75, 3.05) is 0 Å². The quantitative estimate of drug-likeness (QED) is 0.567. The van der Waals surface area contributed by atoms with Gasteiger partial charge >= 0.3 is 0 Å². The van der Waals surface area contributed by atoms with E-state index in [0.717, 1.165) is 28.0 Å². The average molecular weight is 318 g/mol. The van der Waals surface area contributed by atoms with Gasteiger partial charge in [-0.15, -0.1) is 0 Å². The van der Waals surface area contributed by atoms with Gasteiger partial charge in [0.15, 0.2) is 5.65 Å². The van der Waals surface area contributed by atoms with Gasteiger partial charge in [-0.1, -0.05) is 30.3 Å². The summed E-state index contributed by atoms with van der Waals surface area (Å²) in [5.74, 6) is 0. The summed E-state index contributed by atoms with van der Waals surface area (Å²) in [5.41, 5.74) is 4.50. The molecule has 0 aliphatic heterocycles. The van der Waals surface area contributed by atoms with E-state index in [1.165, 1.54) is 0 Å². The second-order valence-electron chi connectivity index (χ2n) is 6.24. The molecule has 120 valence electrons.